The number of carbonyl (C=O) groups excluding carboxylic acids is 1. The van der Waals surface area contributed by atoms with Gasteiger partial charge in [-0.25, -0.2) is 4.57 Å². The second-order valence-electron chi connectivity index (χ2n) is 2.24. The van der Waals surface area contributed by atoms with Gasteiger partial charge in [0, 0.05) is 11.5 Å². The van der Waals surface area contributed by atoms with Crippen molar-refractivity contribution in [2.24, 2.45) is 0 Å². The predicted molar refractivity (Wildman–Crippen MR) is 56.8 cm³/mol. The Morgan fingerprint density at radius 2 is 2.00 bits per heavy atom. The molecule has 4 nitrogen and oxygen atoms in total. The summed E-state index contributed by atoms with van der Waals surface area (Å²) in [6, 6.07) is 0. The first-order valence-corrected chi connectivity index (χ1v) is 7.54. The maximum absolute atomic E-state index is 10.9. The zero-order chi connectivity index (χ0) is 10.5. The van der Waals surface area contributed by atoms with Crippen molar-refractivity contribution in [3.05, 3.63) is 12.2 Å². The van der Waals surface area contributed by atoms with Crippen LogP contribution in [0.15, 0.2) is 12.2 Å². The summed E-state index contributed by atoms with van der Waals surface area (Å²) in [5, 5.41) is -0.133. The van der Waals surface area contributed by atoms with E-state index >= 15 is 0 Å². The molecule has 0 aliphatic rings. The normalized spacial score (nSPS) is 11.3. The first-order valence-electron chi connectivity index (χ1n) is 3.35. The standard InChI is InChI=1S/C6H11O4PS2/c1-5(2)6(7)12-3-4-13-11(8,9)10/h1,3-4H2,2H3,(H2,8,9,10). The average Bonchev–Trinajstić information content (AvgIpc) is 1.95. The van der Waals surface area contributed by atoms with Crippen LogP contribution in [0.3, 0.4) is 0 Å². The fourth-order valence-corrected chi connectivity index (χ4v) is 3.10. The van der Waals surface area contributed by atoms with Gasteiger partial charge in [-0.1, -0.05) is 18.3 Å². The van der Waals surface area contributed by atoms with E-state index in [1.165, 1.54) is 0 Å². The third-order valence-corrected chi connectivity index (χ3v) is 4.48. The molecular weight excluding hydrogens is 231 g/mol. The highest BCUT2D eigenvalue weighted by Crippen LogP contribution is 2.50. The lowest BCUT2D eigenvalue weighted by molar-refractivity contribution is -0.107. The van der Waals surface area contributed by atoms with Crippen molar-refractivity contribution in [3.63, 3.8) is 0 Å². The molecule has 13 heavy (non-hydrogen) atoms. The Morgan fingerprint density at radius 3 is 2.38 bits per heavy atom. The van der Waals surface area contributed by atoms with Gasteiger partial charge in [-0.05, 0) is 23.9 Å². The number of thioether (sulfide) groups is 1. The van der Waals surface area contributed by atoms with Crippen LogP contribution in [0.2, 0.25) is 0 Å². The molecule has 0 atom stereocenters. The van der Waals surface area contributed by atoms with Gasteiger partial charge >= 0.3 is 6.80 Å². The topological polar surface area (TPSA) is 74.6 Å². The van der Waals surface area contributed by atoms with E-state index < -0.39 is 6.80 Å². The third kappa shape index (κ3) is 8.59. The summed E-state index contributed by atoms with van der Waals surface area (Å²) in [4.78, 5) is 27.8. The summed E-state index contributed by atoms with van der Waals surface area (Å²) in [6.07, 6.45) is 0. The summed E-state index contributed by atoms with van der Waals surface area (Å²) in [5.41, 5.74) is 0.450. The maximum atomic E-state index is 10.9. The molecule has 0 aromatic heterocycles. The SMILES string of the molecule is C=C(C)C(=O)SCCSP(=O)(O)O. The molecule has 7 heteroatoms. The fourth-order valence-electron chi connectivity index (χ4n) is 0.414. The Kier molecular flexibility index (Phi) is 6.00. The summed E-state index contributed by atoms with van der Waals surface area (Å²) in [6.45, 7) is 1.07. The lowest BCUT2D eigenvalue weighted by atomic mass is 10.4. The Balaban J connectivity index is 3.53. The molecule has 0 heterocycles. The van der Waals surface area contributed by atoms with Gasteiger partial charge in [0.15, 0.2) is 0 Å². The minimum atomic E-state index is -3.98. The number of rotatable bonds is 5. The number of hydrogen-bond acceptors (Lipinski definition) is 4. The predicted octanol–water partition coefficient (Wildman–Crippen LogP) is 1.65. The lowest BCUT2D eigenvalue weighted by Gasteiger charge is -2.01. The van der Waals surface area contributed by atoms with Crippen LogP contribution in [-0.4, -0.2) is 26.4 Å². The number of hydrogen-bond donors (Lipinski definition) is 2. The summed E-state index contributed by atoms with van der Waals surface area (Å²) < 4.78 is 10.4. The van der Waals surface area contributed by atoms with Gasteiger partial charge in [0.25, 0.3) is 0 Å². The van der Waals surface area contributed by atoms with E-state index in [1.807, 2.05) is 0 Å². The van der Waals surface area contributed by atoms with E-state index in [1.54, 1.807) is 6.92 Å². The summed E-state index contributed by atoms with van der Waals surface area (Å²) in [5.74, 6) is 0.648. The molecule has 0 aliphatic carbocycles. The summed E-state index contributed by atoms with van der Waals surface area (Å²) in [7, 11) is 0. The van der Waals surface area contributed by atoms with Crippen LogP contribution in [-0.2, 0) is 9.36 Å². The molecule has 76 valence electrons. The van der Waals surface area contributed by atoms with Gasteiger partial charge in [0.2, 0.25) is 5.12 Å². The molecule has 0 amide bonds. The van der Waals surface area contributed by atoms with Crippen LogP contribution in [0.1, 0.15) is 6.92 Å². The van der Waals surface area contributed by atoms with E-state index in [0.717, 1.165) is 11.8 Å². The van der Waals surface area contributed by atoms with Crippen LogP contribution >= 0.6 is 29.9 Å². The van der Waals surface area contributed by atoms with Crippen molar-refractivity contribution in [2.45, 2.75) is 6.92 Å². The molecule has 2 N–H and O–H groups in total. The van der Waals surface area contributed by atoms with Crippen LogP contribution < -0.4 is 0 Å². The van der Waals surface area contributed by atoms with Crippen LogP contribution in [0.4, 0.5) is 0 Å². The van der Waals surface area contributed by atoms with Crippen LogP contribution in [0.25, 0.3) is 0 Å². The van der Waals surface area contributed by atoms with Gasteiger partial charge in [-0.3, -0.25) is 4.79 Å². The quantitative estimate of drug-likeness (QED) is 0.434. The zero-order valence-electron chi connectivity index (χ0n) is 7.10. The monoisotopic (exact) mass is 242 g/mol. The Hall–Kier alpha value is 0.260. The molecule has 0 saturated carbocycles. The smallest absolute Gasteiger partial charge is 0.317 e. The van der Waals surface area contributed by atoms with E-state index in [2.05, 4.69) is 6.58 Å². The van der Waals surface area contributed by atoms with Crippen molar-refractivity contribution >= 4 is 35.1 Å². The second kappa shape index (κ2) is 5.88. The van der Waals surface area contributed by atoms with Crippen LogP contribution in [0.5, 0.6) is 0 Å². The van der Waals surface area contributed by atoms with E-state index in [9.17, 15) is 9.36 Å². The van der Waals surface area contributed by atoms with Crippen molar-refractivity contribution in [2.75, 3.05) is 11.5 Å². The average molecular weight is 242 g/mol. The maximum Gasteiger partial charge on any atom is 0.384 e. The molecule has 0 spiro atoms. The van der Waals surface area contributed by atoms with Crippen LogP contribution in [0, 0.1) is 0 Å². The van der Waals surface area contributed by atoms with Crippen molar-refractivity contribution in [1.29, 1.82) is 0 Å². The first kappa shape index (κ1) is 13.3. The van der Waals surface area contributed by atoms with Gasteiger partial charge in [0.1, 0.15) is 0 Å². The molecule has 0 radical (unpaired) electrons. The molecule has 0 aromatic rings. The molecule has 0 fully saturated rings. The summed E-state index contributed by atoms with van der Waals surface area (Å²) >= 11 is 1.57. The van der Waals surface area contributed by atoms with Gasteiger partial charge < -0.3 is 9.79 Å². The third-order valence-electron chi connectivity index (χ3n) is 0.924. The largest absolute Gasteiger partial charge is 0.384 e. The molecule has 0 saturated heterocycles. The van der Waals surface area contributed by atoms with Crippen molar-refractivity contribution < 1.29 is 19.1 Å². The molecule has 0 unspecified atom stereocenters. The lowest BCUT2D eigenvalue weighted by Crippen LogP contribution is -1.95. The molecule has 0 bridgehead atoms. The Bertz CT molecular complexity index is 247. The Labute approximate surface area is 85.1 Å². The van der Waals surface area contributed by atoms with E-state index in [4.69, 9.17) is 9.79 Å². The highest BCUT2D eigenvalue weighted by Gasteiger charge is 2.13. The van der Waals surface area contributed by atoms with E-state index in [-0.39, 0.29) is 10.9 Å². The first-order chi connectivity index (χ1) is 5.83. The highest BCUT2D eigenvalue weighted by molar-refractivity contribution is 8.54. The minimum Gasteiger partial charge on any atom is -0.317 e. The van der Waals surface area contributed by atoms with E-state index in [0.29, 0.717) is 22.7 Å². The second-order valence-corrected chi connectivity index (χ2v) is 7.16. The van der Waals surface area contributed by atoms with Crippen molar-refractivity contribution in [3.8, 4) is 0 Å². The van der Waals surface area contributed by atoms with Gasteiger partial charge in [-0.2, -0.15) is 0 Å². The molecule has 0 aromatic carbocycles. The number of carbonyl (C=O) groups is 1. The van der Waals surface area contributed by atoms with Gasteiger partial charge in [-0.15, -0.1) is 0 Å². The molecule has 0 aliphatic heterocycles. The zero-order valence-corrected chi connectivity index (χ0v) is 9.62. The van der Waals surface area contributed by atoms with Gasteiger partial charge in [0.05, 0.1) is 0 Å². The minimum absolute atomic E-state index is 0.133. The fraction of sp³-hybridized carbons (Fsp3) is 0.500. The molecule has 0 rings (SSSR count). The van der Waals surface area contributed by atoms with Crippen molar-refractivity contribution in [1.82, 2.24) is 0 Å². The Morgan fingerprint density at radius 1 is 1.46 bits per heavy atom. The molecular formula is C6H11O4PS2. The highest BCUT2D eigenvalue weighted by atomic mass is 32.7.